The van der Waals surface area contributed by atoms with E-state index in [9.17, 15) is 0 Å². The molecule has 6 heteroatoms. The van der Waals surface area contributed by atoms with Crippen molar-refractivity contribution in [2.45, 2.75) is 33.0 Å². The largest absolute Gasteiger partial charge is 0.485 e. The lowest BCUT2D eigenvalue weighted by Crippen LogP contribution is -2.14. The molecule has 0 aliphatic carbocycles. The quantitative estimate of drug-likeness (QED) is 0.879. The van der Waals surface area contributed by atoms with Crippen LogP contribution in [0.5, 0.6) is 5.75 Å². The van der Waals surface area contributed by atoms with Gasteiger partial charge >= 0.3 is 0 Å². The second-order valence-corrected chi connectivity index (χ2v) is 5.39. The maximum atomic E-state index is 5.93. The Labute approximate surface area is 127 Å². The van der Waals surface area contributed by atoms with E-state index in [-0.39, 0.29) is 6.04 Å². The Morgan fingerprint density at radius 3 is 2.95 bits per heavy atom. The first-order chi connectivity index (χ1) is 9.65. The Morgan fingerprint density at radius 2 is 2.25 bits per heavy atom. The van der Waals surface area contributed by atoms with Crippen LogP contribution in [0.2, 0.25) is 0 Å². The maximum absolute atomic E-state index is 5.93. The highest BCUT2D eigenvalue weighted by atomic mass is 79.9. The summed E-state index contributed by atoms with van der Waals surface area (Å²) in [6.45, 7) is 5.33. The number of nitrogens with one attached hydrogen (secondary N) is 1. The first-order valence-electron chi connectivity index (χ1n) is 6.62. The molecule has 20 heavy (non-hydrogen) atoms. The van der Waals surface area contributed by atoms with Crippen LogP contribution < -0.4 is 10.1 Å². The second-order valence-electron chi connectivity index (χ2n) is 4.47. The van der Waals surface area contributed by atoms with Gasteiger partial charge in [-0.25, -0.2) is 9.67 Å². The van der Waals surface area contributed by atoms with Crippen molar-refractivity contribution in [1.82, 2.24) is 20.1 Å². The van der Waals surface area contributed by atoms with Crippen molar-refractivity contribution in [1.29, 1.82) is 0 Å². The van der Waals surface area contributed by atoms with Crippen LogP contribution in [0.25, 0.3) is 0 Å². The molecule has 2 rings (SSSR count). The summed E-state index contributed by atoms with van der Waals surface area (Å²) < 4.78 is 8.76. The Bertz CT molecular complexity index is 570. The lowest BCUT2D eigenvalue weighted by molar-refractivity contribution is 0.282. The standard InChI is InChI=1S/C14H19BrN4O/c1-4-19-14(17-9-18-19)8-20-13-7-11(15)5-6-12(13)10(2)16-3/h5-7,9-10,16H,4,8H2,1-3H3. The summed E-state index contributed by atoms with van der Waals surface area (Å²) in [5, 5.41) is 7.37. The maximum Gasteiger partial charge on any atom is 0.164 e. The number of benzene rings is 1. The zero-order valence-corrected chi connectivity index (χ0v) is 13.5. The highest BCUT2D eigenvalue weighted by Crippen LogP contribution is 2.29. The number of aromatic nitrogens is 3. The van der Waals surface area contributed by atoms with E-state index >= 15 is 0 Å². The smallest absolute Gasteiger partial charge is 0.164 e. The number of halogens is 1. The molecule has 0 saturated carbocycles. The van der Waals surface area contributed by atoms with Crippen LogP contribution in [0, 0.1) is 0 Å². The molecule has 1 unspecified atom stereocenters. The molecule has 108 valence electrons. The lowest BCUT2D eigenvalue weighted by Gasteiger charge is -2.16. The molecule has 0 aliphatic heterocycles. The zero-order valence-electron chi connectivity index (χ0n) is 11.9. The van der Waals surface area contributed by atoms with Gasteiger partial charge < -0.3 is 10.1 Å². The van der Waals surface area contributed by atoms with Crippen molar-refractivity contribution in [3.05, 3.63) is 40.4 Å². The van der Waals surface area contributed by atoms with Crippen LogP contribution in [0.4, 0.5) is 0 Å². The van der Waals surface area contributed by atoms with E-state index in [1.807, 2.05) is 30.8 Å². The normalized spacial score (nSPS) is 12.4. The topological polar surface area (TPSA) is 52.0 Å². The first-order valence-corrected chi connectivity index (χ1v) is 7.41. The average molecular weight is 339 g/mol. The highest BCUT2D eigenvalue weighted by Gasteiger charge is 2.12. The van der Waals surface area contributed by atoms with Crippen molar-refractivity contribution in [2.75, 3.05) is 7.05 Å². The summed E-state index contributed by atoms with van der Waals surface area (Å²) in [5.74, 6) is 1.68. The van der Waals surface area contributed by atoms with E-state index in [1.54, 1.807) is 6.33 Å². The van der Waals surface area contributed by atoms with Crippen LogP contribution in [0.3, 0.4) is 0 Å². The fraction of sp³-hybridized carbons (Fsp3) is 0.429. The van der Waals surface area contributed by atoms with Crippen LogP contribution in [0.15, 0.2) is 29.0 Å². The predicted molar refractivity (Wildman–Crippen MR) is 81.6 cm³/mol. The Hall–Kier alpha value is -1.40. The molecule has 2 aromatic rings. The molecule has 5 nitrogen and oxygen atoms in total. The first kappa shape index (κ1) is 15.0. The van der Waals surface area contributed by atoms with Crippen molar-refractivity contribution >= 4 is 15.9 Å². The molecule has 0 spiro atoms. The van der Waals surface area contributed by atoms with Gasteiger partial charge in [-0.1, -0.05) is 22.0 Å². The van der Waals surface area contributed by atoms with Crippen molar-refractivity contribution in [3.63, 3.8) is 0 Å². The fourth-order valence-corrected chi connectivity index (χ4v) is 2.29. The van der Waals surface area contributed by atoms with Gasteiger partial charge in [0.1, 0.15) is 18.7 Å². The summed E-state index contributed by atoms with van der Waals surface area (Å²) in [4.78, 5) is 4.22. The molecule has 1 aromatic carbocycles. The summed E-state index contributed by atoms with van der Waals surface area (Å²) in [7, 11) is 1.93. The third-order valence-electron chi connectivity index (χ3n) is 3.23. The molecule has 1 N–H and O–H groups in total. The Balaban J connectivity index is 2.18. The molecular weight excluding hydrogens is 320 g/mol. The summed E-state index contributed by atoms with van der Waals surface area (Å²) in [6.07, 6.45) is 1.56. The molecule has 1 heterocycles. The van der Waals surface area contributed by atoms with Crippen molar-refractivity contribution in [2.24, 2.45) is 0 Å². The van der Waals surface area contributed by atoms with E-state index in [0.29, 0.717) is 6.61 Å². The van der Waals surface area contributed by atoms with E-state index in [4.69, 9.17) is 4.74 Å². The minimum absolute atomic E-state index is 0.224. The number of ether oxygens (including phenoxy) is 1. The van der Waals surface area contributed by atoms with Gasteiger partial charge in [-0.3, -0.25) is 0 Å². The van der Waals surface area contributed by atoms with Crippen molar-refractivity contribution < 1.29 is 4.74 Å². The van der Waals surface area contributed by atoms with E-state index < -0.39 is 0 Å². The summed E-state index contributed by atoms with van der Waals surface area (Å²) in [6, 6.07) is 6.29. The minimum atomic E-state index is 0.224. The number of rotatable bonds is 6. The van der Waals surface area contributed by atoms with Gasteiger partial charge in [-0.05, 0) is 33.0 Å². The molecule has 1 atom stereocenters. The van der Waals surface area contributed by atoms with Crippen molar-refractivity contribution in [3.8, 4) is 5.75 Å². The van der Waals surface area contributed by atoms with Gasteiger partial charge in [0.25, 0.3) is 0 Å². The summed E-state index contributed by atoms with van der Waals surface area (Å²) in [5.41, 5.74) is 1.12. The number of hydrogen-bond donors (Lipinski definition) is 1. The molecule has 0 bridgehead atoms. The Morgan fingerprint density at radius 1 is 1.45 bits per heavy atom. The molecule has 0 amide bonds. The van der Waals surface area contributed by atoms with Gasteiger partial charge in [-0.2, -0.15) is 5.10 Å². The third-order valence-corrected chi connectivity index (χ3v) is 3.72. The number of aryl methyl sites for hydroxylation is 1. The molecule has 0 fully saturated rings. The third kappa shape index (κ3) is 3.37. The van der Waals surface area contributed by atoms with Crippen LogP contribution in [-0.2, 0) is 13.2 Å². The molecular formula is C14H19BrN4O. The minimum Gasteiger partial charge on any atom is -0.485 e. The van der Waals surface area contributed by atoms with Gasteiger partial charge in [0.15, 0.2) is 5.82 Å². The van der Waals surface area contributed by atoms with Gasteiger partial charge in [0.05, 0.1) is 0 Å². The van der Waals surface area contributed by atoms with E-state index in [1.165, 1.54) is 0 Å². The second kappa shape index (κ2) is 6.85. The molecule has 1 aromatic heterocycles. The van der Waals surface area contributed by atoms with Crippen LogP contribution >= 0.6 is 15.9 Å². The van der Waals surface area contributed by atoms with E-state index in [0.717, 1.165) is 28.2 Å². The monoisotopic (exact) mass is 338 g/mol. The van der Waals surface area contributed by atoms with Gasteiger partial charge in [0, 0.05) is 22.6 Å². The number of hydrogen-bond acceptors (Lipinski definition) is 4. The Kier molecular flexibility index (Phi) is 5.14. The van der Waals surface area contributed by atoms with Crippen LogP contribution in [-0.4, -0.2) is 21.8 Å². The summed E-state index contributed by atoms with van der Waals surface area (Å²) >= 11 is 3.48. The molecule has 0 aliphatic rings. The van der Waals surface area contributed by atoms with Gasteiger partial charge in [0.2, 0.25) is 0 Å². The van der Waals surface area contributed by atoms with Gasteiger partial charge in [-0.15, -0.1) is 0 Å². The van der Waals surface area contributed by atoms with Crippen LogP contribution in [0.1, 0.15) is 31.3 Å². The molecule has 0 saturated heterocycles. The predicted octanol–water partition coefficient (Wildman–Crippen LogP) is 2.92. The average Bonchev–Trinajstić information content (AvgIpc) is 2.91. The SMILES string of the molecule is CCn1ncnc1COc1cc(Br)ccc1C(C)NC. The molecule has 0 radical (unpaired) electrons. The van der Waals surface area contributed by atoms with E-state index in [2.05, 4.69) is 44.3 Å². The number of nitrogens with zero attached hydrogens (tertiary/aromatic N) is 3. The fourth-order valence-electron chi connectivity index (χ4n) is 1.95. The zero-order chi connectivity index (χ0) is 14.5. The lowest BCUT2D eigenvalue weighted by atomic mass is 10.1. The highest BCUT2D eigenvalue weighted by molar-refractivity contribution is 9.10.